The minimum atomic E-state index is -0.470. The summed E-state index contributed by atoms with van der Waals surface area (Å²) in [7, 11) is 0. The normalized spacial score (nSPS) is 26.3. The average Bonchev–Trinajstić information content (AvgIpc) is 3.05. The fourth-order valence-electron chi connectivity index (χ4n) is 2.14. The largest absolute Gasteiger partial charge is 0.394 e. The highest BCUT2D eigenvalue weighted by Crippen LogP contribution is 2.34. The molecule has 2 rings (SSSR count). The molecule has 0 aromatic heterocycles. The Hall–Kier alpha value is -0.200. The van der Waals surface area contributed by atoms with Gasteiger partial charge in [-0.05, 0) is 12.8 Å². The van der Waals surface area contributed by atoms with E-state index in [2.05, 4.69) is 0 Å². The van der Waals surface area contributed by atoms with Crippen molar-refractivity contribution in [2.24, 2.45) is 0 Å². The Morgan fingerprint density at radius 3 is 2.47 bits per heavy atom. The van der Waals surface area contributed by atoms with E-state index in [-0.39, 0.29) is 6.61 Å². The minimum absolute atomic E-state index is 0.0423. The van der Waals surface area contributed by atoms with Gasteiger partial charge in [-0.25, -0.2) is 0 Å². The maximum absolute atomic E-state index is 8.80. The summed E-state index contributed by atoms with van der Waals surface area (Å²) in [5.74, 6) is -0.470. The lowest BCUT2D eigenvalue weighted by molar-refractivity contribution is -0.240. The van der Waals surface area contributed by atoms with E-state index in [9.17, 15) is 0 Å². The van der Waals surface area contributed by atoms with E-state index < -0.39 is 5.79 Å². The summed E-state index contributed by atoms with van der Waals surface area (Å²) in [6.45, 7) is 2.98. The second-order valence-corrected chi connectivity index (χ2v) is 4.57. The lowest BCUT2D eigenvalue weighted by Gasteiger charge is -2.29. The van der Waals surface area contributed by atoms with Crippen molar-refractivity contribution < 1.29 is 24.1 Å². The third-order valence-electron chi connectivity index (χ3n) is 3.12. The summed E-state index contributed by atoms with van der Waals surface area (Å²) in [4.78, 5) is 0. The van der Waals surface area contributed by atoms with Crippen LogP contribution in [0.25, 0.3) is 0 Å². The fraction of sp³-hybridized carbons (Fsp3) is 1.00. The Morgan fingerprint density at radius 1 is 1.12 bits per heavy atom. The van der Waals surface area contributed by atoms with Crippen LogP contribution in [0.15, 0.2) is 0 Å². The van der Waals surface area contributed by atoms with Crippen molar-refractivity contribution >= 4 is 0 Å². The number of ether oxygens (including phenoxy) is 4. The van der Waals surface area contributed by atoms with Crippen molar-refractivity contribution in [3.8, 4) is 0 Å². The maximum atomic E-state index is 8.80. The van der Waals surface area contributed by atoms with Crippen molar-refractivity contribution in [1.82, 2.24) is 0 Å². The van der Waals surface area contributed by atoms with E-state index >= 15 is 0 Å². The van der Waals surface area contributed by atoms with Gasteiger partial charge in [-0.2, -0.15) is 0 Å². The summed E-state index contributed by atoms with van der Waals surface area (Å²) >= 11 is 0. The van der Waals surface area contributed by atoms with Gasteiger partial charge in [-0.3, -0.25) is 0 Å². The average molecular weight is 246 g/mol. The standard InChI is InChI=1S/C12H22O5/c13-5-6-16-12(3-1-2-4-12)17-8-7-14-9-11-10-15-11/h11,13H,1-10H2. The molecule has 1 saturated carbocycles. The number of aliphatic hydroxyl groups excluding tert-OH is 1. The van der Waals surface area contributed by atoms with Gasteiger partial charge < -0.3 is 24.1 Å². The molecular formula is C12H22O5. The van der Waals surface area contributed by atoms with Crippen LogP contribution in [0.4, 0.5) is 0 Å². The number of hydrogen-bond acceptors (Lipinski definition) is 5. The topological polar surface area (TPSA) is 60.5 Å². The van der Waals surface area contributed by atoms with Gasteiger partial charge in [-0.15, -0.1) is 0 Å². The molecule has 1 saturated heterocycles. The predicted octanol–water partition coefficient (Wildman–Crippen LogP) is 0.698. The summed E-state index contributed by atoms with van der Waals surface area (Å²) in [5, 5.41) is 8.80. The Balaban J connectivity index is 1.58. The SMILES string of the molecule is OCCOC1(OCCOCC2CO2)CCCC1. The first-order chi connectivity index (χ1) is 8.35. The molecule has 1 unspecified atom stereocenters. The number of rotatable bonds is 9. The van der Waals surface area contributed by atoms with Gasteiger partial charge in [0.05, 0.1) is 39.6 Å². The molecular weight excluding hydrogens is 224 g/mol. The molecule has 0 spiro atoms. The minimum Gasteiger partial charge on any atom is -0.394 e. The van der Waals surface area contributed by atoms with Crippen LogP contribution in [0.2, 0.25) is 0 Å². The fourth-order valence-corrected chi connectivity index (χ4v) is 2.14. The number of epoxide rings is 1. The molecule has 1 aliphatic carbocycles. The third-order valence-corrected chi connectivity index (χ3v) is 3.12. The molecule has 1 N–H and O–H groups in total. The third kappa shape index (κ3) is 4.52. The highest BCUT2D eigenvalue weighted by atomic mass is 16.7. The molecule has 0 aromatic rings. The highest BCUT2D eigenvalue weighted by molar-refractivity contribution is 4.77. The molecule has 1 atom stereocenters. The van der Waals surface area contributed by atoms with Crippen LogP contribution in [0, 0.1) is 0 Å². The first-order valence-electron chi connectivity index (χ1n) is 6.43. The van der Waals surface area contributed by atoms with E-state index in [0.29, 0.717) is 32.5 Å². The van der Waals surface area contributed by atoms with Gasteiger partial charge in [0.25, 0.3) is 0 Å². The van der Waals surface area contributed by atoms with E-state index in [4.69, 9.17) is 24.1 Å². The van der Waals surface area contributed by atoms with Crippen LogP contribution >= 0.6 is 0 Å². The smallest absolute Gasteiger partial charge is 0.168 e. The lowest BCUT2D eigenvalue weighted by atomic mass is 10.2. The zero-order valence-electron chi connectivity index (χ0n) is 10.2. The van der Waals surface area contributed by atoms with Crippen LogP contribution in [0.5, 0.6) is 0 Å². The quantitative estimate of drug-likeness (QED) is 0.368. The Kier molecular flexibility index (Phi) is 5.18. The van der Waals surface area contributed by atoms with E-state index in [1.54, 1.807) is 0 Å². The molecule has 0 aromatic carbocycles. The van der Waals surface area contributed by atoms with Crippen molar-refractivity contribution in [2.45, 2.75) is 37.6 Å². The molecule has 5 heteroatoms. The molecule has 17 heavy (non-hydrogen) atoms. The molecule has 2 fully saturated rings. The summed E-state index contributed by atoms with van der Waals surface area (Å²) in [6, 6.07) is 0. The zero-order valence-corrected chi connectivity index (χ0v) is 10.2. The van der Waals surface area contributed by atoms with Crippen LogP contribution in [-0.2, 0) is 18.9 Å². The molecule has 0 bridgehead atoms. The first kappa shape index (κ1) is 13.2. The zero-order chi connectivity index (χ0) is 12.0. The van der Waals surface area contributed by atoms with Gasteiger partial charge in [-0.1, -0.05) is 0 Å². The number of aliphatic hydroxyl groups is 1. The Morgan fingerprint density at radius 2 is 1.82 bits per heavy atom. The molecule has 1 aliphatic heterocycles. The van der Waals surface area contributed by atoms with Crippen molar-refractivity contribution in [1.29, 1.82) is 0 Å². The van der Waals surface area contributed by atoms with Crippen molar-refractivity contribution in [3.05, 3.63) is 0 Å². The summed E-state index contributed by atoms with van der Waals surface area (Å²) in [6.07, 6.45) is 4.39. The van der Waals surface area contributed by atoms with Gasteiger partial charge in [0.15, 0.2) is 5.79 Å². The molecule has 0 amide bonds. The summed E-state index contributed by atoms with van der Waals surface area (Å²) < 4.78 is 21.9. The Bertz CT molecular complexity index is 211. The predicted molar refractivity (Wildman–Crippen MR) is 60.7 cm³/mol. The van der Waals surface area contributed by atoms with E-state index in [1.165, 1.54) is 0 Å². The first-order valence-corrected chi connectivity index (χ1v) is 6.43. The highest BCUT2D eigenvalue weighted by Gasteiger charge is 2.35. The van der Waals surface area contributed by atoms with Gasteiger partial charge in [0.2, 0.25) is 0 Å². The second kappa shape index (κ2) is 6.66. The molecule has 0 radical (unpaired) electrons. The molecule has 1 heterocycles. The maximum Gasteiger partial charge on any atom is 0.168 e. The van der Waals surface area contributed by atoms with Crippen LogP contribution in [-0.4, -0.2) is 56.6 Å². The van der Waals surface area contributed by atoms with Gasteiger partial charge >= 0.3 is 0 Å². The van der Waals surface area contributed by atoms with E-state index in [1.807, 2.05) is 0 Å². The lowest BCUT2D eigenvalue weighted by Crippen LogP contribution is -2.35. The van der Waals surface area contributed by atoms with Crippen molar-refractivity contribution in [3.63, 3.8) is 0 Å². The Labute approximate surface area is 102 Å². The van der Waals surface area contributed by atoms with Gasteiger partial charge in [0, 0.05) is 12.8 Å². The van der Waals surface area contributed by atoms with E-state index in [0.717, 1.165) is 32.3 Å². The molecule has 5 nitrogen and oxygen atoms in total. The molecule has 2 aliphatic rings. The van der Waals surface area contributed by atoms with Crippen LogP contribution < -0.4 is 0 Å². The van der Waals surface area contributed by atoms with Crippen molar-refractivity contribution in [2.75, 3.05) is 39.6 Å². The molecule has 100 valence electrons. The second-order valence-electron chi connectivity index (χ2n) is 4.57. The monoisotopic (exact) mass is 246 g/mol. The van der Waals surface area contributed by atoms with Gasteiger partial charge in [0.1, 0.15) is 6.10 Å². The summed E-state index contributed by atoms with van der Waals surface area (Å²) in [5.41, 5.74) is 0. The van der Waals surface area contributed by atoms with Crippen LogP contribution in [0.1, 0.15) is 25.7 Å². The number of hydrogen-bond donors (Lipinski definition) is 1. The van der Waals surface area contributed by atoms with Crippen LogP contribution in [0.3, 0.4) is 0 Å².